The Labute approximate surface area is 369 Å². The zero-order valence-corrected chi connectivity index (χ0v) is 40.0. The van der Waals surface area contributed by atoms with Crippen LogP contribution >= 0.6 is 0 Å². The molecule has 1 saturated heterocycles. The van der Waals surface area contributed by atoms with Crippen molar-refractivity contribution in [2.45, 2.75) is 109 Å². The third-order valence-electron chi connectivity index (χ3n) is 10.0. The van der Waals surface area contributed by atoms with Crippen LogP contribution in [-0.2, 0) is 50.0 Å². The Balaban J connectivity index is 0.000000277. The summed E-state index contributed by atoms with van der Waals surface area (Å²) >= 11 is 0. The summed E-state index contributed by atoms with van der Waals surface area (Å²) in [6.45, 7) is 19.3. The van der Waals surface area contributed by atoms with Gasteiger partial charge in [-0.2, -0.15) is 0 Å². The first-order chi connectivity index (χ1) is 28.8. The Kier molecular flexibility index (Phi) is 14.6. The number of carbonyl (C=O) groups is 5. The van der Waals surface area contributed by atoms with Crippen molar-refractivity contribution in [3.63, 3.8) is 0 Å². The molecule has 2 aliphatic rings. The van der Waals surface area contributed by atoms with Crippen LogP contribution in [0.2, 0.25) is 0 Å². The highest BCUT2D eigenvalue weighted by atomic mass is 32.2. The molecule has 3 heterocycles. The SMILES string of the molecule is COC(=O)c1cc(N)c(N2CCN(C(=O)OC(C)(C)C)[C@H](C(C)C)C2=O)cc1S(C)(=O)=O.COC(=O)c1cc2nc3n(c2cc1S(C)(=O)=O)CCN(C(=O)OC(C)(C)C)[C@@H]3C(C)C. The Morgan fingerprint density at radius 1 is 0.698 bits per heavy atom. The molecule has 21 heteroatoms. The third-order valence-corrected chi connectivity index (χ3v) is 12.3. The topological polar surface area (TPSA) is 244 Å². The van der Waals surface area contributed by atoms with Gasteiger partial charge in [0.2, 0.25) is 5.91 Å². The van der Waals surface area contributed by atoms with Crippen LogP contribution in [0.5, 0.6) is 0 Å². The van der Waals surface area contributed by atoms with Gasteiger partial charge in [0.15, 0.2) is 19.7 Å². The van der Waals surface area contributed by atoms with E-state index < -0.39 is 67.0 Å². The lowest BCUT2D eigenvalue weighted by Gasteiger charge is -2.42. The molecule has 1 fully saturated rings. The van der Waals surface area contributed by atoms with Gasteiger partial charge in [-0.1, -0.05) is 27.7 Å². The molecular formula is C42H60N6O13S2. The molecule has 0 bridgehead atoms. The number of sulfone groups is 2. The molecule has 2 aromatic carbocycles. The Hall–Kier alpha value is -5.44. The number of methoxy groups -OCH3 is 2. The maximum atomic E-state index is 13.4. The van der Waals surface area contributed by atoms with E-state index in [2.05, 4.69) is 4.74 Å². The standard InChI is InChI=1S/C21H31N3O7S.C21H29N3O6S/c1-12(2)17-18(25)23(8-9-24(17)20(27)31-21(3,4)5)15-11-16(32(7,28)29)13(10-14(15)22)19(26)30-6;1-12(2)17-18-22-14-10-13(19(25)29-6)16(31(7,27)28)11-15(14)23(18)8-9-24(17)20(26)30-21(3,4)5/h10-12,17H,8-9,22H2,1-7H3;10-12,17H,8-9H2,1-7H3/t2*17-/m11/s1. The molecule has 3 aromatic rings. The van der Waals surface area contributed by atoms with E-state index in [4.69, 9.17) is 24.9 Å². The number of hydrogen-bond donors (Lipinski definition) is 1. The molecule has 2 aliphatic heterocycles. The number of nitrogen functional groups attached to an aromatic ring is 1. The fraction of sp³-hybridized carbons (Fsp3) is 0.571. The Bertz CT molecular complexity index is 2520. The predicted molar refractivity (Wildman–Crippen MR) is 234 cm³/mol. The van der Waals surface area contributed by atoms with Crippen molar-refractivity contribution in [3.05, 3.63) is 41.2 Å². The number of hydrogen-bond acceptors (Lipinski definition) is 15. The van der Waals surface area contributed by atoms with Gasteiger partial charge in [0.05, 0.1) is 63.6 Å². The van der Waals surface area contributed by atoms with Crippen molar-refractivity contribution < 1.29 is 59.8 Å². The molecule has 2 atom stereocenters. The summed E-state index contributed by atoms with van der Waals surface area (Å²) in [6.07, 6.45) is 0.982. The van der Waals surface area contributed by atoms with E-state index in [0.717, 1.165) is 19.6 Å². The van der Waals surface area contributed by atoms with Crippen LogP contribution in [0, 0.1) is 11.8 Å². The predicted octanol–water partition coefficient (Wildman–Crippen LogP) is 5.24. The number of piperazine rings is 1. The van der Waals surface area contributed by atoms with E-state index in [1.54, 1.807) is 39.5 Å². The number of nitrogens with zero attached hydrogens (tertiary/aromatic N) is 5. The van der Waals surface area contributed by atoms with Crippen LogP contribution in [0.25, 0.3) is 11.0 Å². The van der Waals surface area contributed by atoms with Gasteiger partial charge in [-0.15, -0.1) is 0 Å². The number of aromatic nitrogens is 2. The van der Waals surface area contributed by atoms with Crippen LogP contribution in [0.3, 0.4) is 0 Å². The van der Waals surface area contributed by atoms with E-state index in [1.807, 2.05) is 39.2 Å². The normalized spacial score (nSPS) is 17.3. The second-order valence-corrected chi connectivity index (χ2v) is 22.1. The number of amides is 3. The number of rotatable bonds is 7. The van der Waals surface area contributed by atoms with Crippen LogP contribution in [0.15, 0.2) is 34.1 Å². The molecule has 63 heavy (non-hydrogen) atoms. The maximum Gasteiger partial charge on any atom is 0.411 e. The summed E-state index contributed by atoms with van der Waals surface area (Å²) in [6, 6.07) is 4.11. The number of fused-ring (bicyclic) bond motifs is 3. The average molecular weight is 921 g/mol. The second-order valence-electron chi connectivity index (χ2n) is 18.1. The minimum Gasteiger partial charge on any atom is -0.465 e. The Morgan fingerprint density at radius 2 is 1.14 bits per heavy atom. The molecule has 0 spiro atoms. The van der Waals surface area contributed by atoms with Crippen LogP contribution in [0.4, 0.5) is 21.0 Å². The lowest BCUT2D eigenvalue weighted by atomic mass is 9.98. The molecule has 0 saturated carbocycles. The first kappa shape index (κ1) is 50.2. The summed E-state index contributed by atoms with van der Waals surface area (Å²) in [5.74, 6) is -1.62. The van der Waals surface area contributed by atoms with Gasteiger partial charge >= 0.3 is 24.1 Å². The summed E-state index contributed by atoms with van der Waals surface area (Å²) < 4.78 is 71.7. The number of ether oxygens (including phenoxy) is 4. The molecular weight excluding hydrogens is 861 g/mol. The van der Waals surface area contributed by atoms with E-state index in [0.29, 0.717) is 29.9 Å². The number of carbonyl (C=O) groups excluding carboxylic acids is 5. The summed E-state index contributed by atoms with van der Waals surface area (Å²) in [5, 5.41) is 0. The zero-order valence-electron chi connectivity index (χ0n) is 38.4. The molecule has 2 N–H and O–H groups in total. The minimum atomic E-state index is -3.84. The summed E-state index contributed by atoms with van der Waals surface area (Å²) in [7, 11) is -5.19. The van der Waals surface area contributed by atoms with Gasteiger partial charge < -0.3 is 34.1 Å². The number of imidazole rings is 1. The van der Waals surface area contributed by atoms with E-state index >= 15 is 0 Å². The van der Waals surface area contributed by atoms with Gasteiger partial charge in [-0.05, 0) is 77.6 Å². The molecule has 0 radical (unpaired) electrons. The van der Waals surface area contributed by atoms with Crippen LogP contribution < -0.4 is 10.6 Å². The molecule has 19 nitrogen and oxygen atoms in total. The van der Waals surface area contributed by atoms with Gasteiger partial charge in [-0.3, -0.25) is 14.6 Å². The monoisotopic (exact) mass is 920 g/mol. The number of benzene rings is 2. The maximum absolute atomic E-state index is 13.4. The van der Waals surface area contributed by atoms with E-state index in [9.17, 15) is 40.8 Å². The molecule has 0 aliphatic carbocycles. The smallest absolute Gasteiger partial charge is 0.411 e. The van der Waals surface area contributed by atoms with Crippen molar-refractivity contribution in [1.82, 2.24) is 19.4 Å². The zero-order chi connectivity index (χ0) is 47.9. The molecule has 5 rings (SSSR count). The highest BCUT2D eigenvalue weighted by Gasteiger charge is 2.43. The highest BCUT2D eigenvalue weighted by Crippen LogP contribution is 2.37. The van der Waals surface area contributed by atoms with Crippen molar-refractivity contribution in [1.29, 1.82) is 0 Å². The third kappa shape index (κ3) is 11.2. The van der Waals surface area contributed by atoms with Crippen LogP contribution in [-0.4, -0.2) is 130 Å². The fourth-order valence-corrected chi connectivity index (χ4v) is 9.17. The number of esters is 2. The van der Waals surface area contributed by atoms with Gasteiger partial charge in [0.25, 0.3) is 0 Å². The first-order valence-corrected chi connectivity index (χ1v) is 24.0. The molecule has 0 unspecified atom stereocenters. The van der Waals surface area contributed by atoms with Crippen LogP contribution in [0.1, 0.15) is 102 Å². The average Bonchev–Trinajstić information content (AvgIpc) is 3.51. The van der Waals surface area contributed by atoms with E-state index in [1.165, 1.54) is 41.2 Å². The van der Waals surface area contributed by atoms with Crippen molar-refractivity contribution >= 4 is 72.1 Å². The molecule has 348 valence electrons. The Morgan fingerprint density at radius 3 is 1.59 bits per heavy atom. The van der Waals surface area contributed by atoms with Gasteiger partial charge in [-0.25, -0.2) is 41.0 Å². The lowest BCUT2D eigenvalue weighted by Crippen LogP contribution is -2.61. The van der Waals surface area contributed by atoms with Crippen molar-refractivity contribution in [2.24, 2.45) is 11.8 Å². The summed E-state index contributed by atoms with van der Waals surface area (Å²) in [4.78, 5) is 71.9. The van der Waals surface area contributed by atoms with Crippen molar-refractivity contribution in [2.75, 3.05) is 57.0 Å². The lowest BCUT2D eigenvalue weighted by molar-refractivity contribution is -0.127. The number of nitrogens with two attached hydrogens (primary N) is 1. The molecule has 1 aromatic heterocycles. The second kappa shape index (κ2) is 18.3. The fourth-order valence-electron chi connectivity index (χ4n) is 7.43. The highest BCUT2D eigenvalue weighted by molar-refractivity contribution is 7.91. The van der Waals surface area contributed by atoms with Crippen molar-refractivity contribution in [3.8, 4) is 0 Å². The largest absolute Gasteiger partial charge is 0.465 e. The minimum absolute atomic E-state index is 0.0258. The first-order valence-electron chi connectivity index (χ1n) is 20.2. The quantitative estimate of drug-likeness (QED) is 0.181. The molecule has 3 amide bonds. The summed E-state index contributed by atoms with van der Waals surface area (Å²) in [5.41, 5.74) is 5.75. The van der Waals surface area contributed by atoms with E-state index in [-0.39, 0.29) is 63.3 Å². The number of anilines is 2. The van der Waals surface area contributed by atoms with Gasteiger partial charge in [0.1, 0.15) is 23.1 Å². The van der Waals surface area contributed by atoms with Gasteiger partial charge in [0, 0.05) is 38.7 Å².